The molecule has 0 aliphatic rings. The molecule has 2 rings (SSSR count). The van der Waals surface area contributed by atoms with E-state index >= 15 is 0 Å². The quantitative estimate of drug-likeness (QED) is 0.481. The Morgan fingerprint density at radius 2 is 1.67 bits per heavy atom. The van der Waals surface area contributed by atoms with Crippen molar-refractivity contribution in [3.05, 3.63) is 59.7 Å². The van der Waals surface area contributed by atoms with Gasteiger partial charge in [0, 0.05) is 20.0 Å². The van der Waals surface area contributed by atoms with Gasteiger partial charge in [0.2, 0.25) is 0 Å². The number of ketones is 1. The van der Waals surface area contributed by atoms with E-state index in [4.69, 9.17) is 19.3 Å². The molecule has 0 aliphatic carbocycles. The van der Waals surface area contributed by atoms with Crippen molar-refractivity contribution in [3.63, 3.8) is 0 Å². The number of carbonyl (C=O) groups is 2. The number of Topliss-reactive ketones (excluding diaryl/α,β-unsaturated/α-hetero) is 1. The predicted molar refractivity (Wildman–Crippen MR) is 101 cm³/mol. The SMILES string of the molecule is CO[C@@H](Cc1ccc(OCCCOc2ccccc2C(C)=O)cc1)C(=O)O. The van der Waals surface area contributed by atoms with Crippen LogP contribution in [0.2, 0.25) is 0 Å². The number of hydrogen-bond acceptors (Lipinski definition) is 5. The van der Waals surface area contributed by atoms with Gasteiger partial charge in [-0.15, -0.1) is 0 Å². The lowest BCUT2D eigenvalue weighted by Crippen LogP contribution is -2.24. The van der Waals surface area contributed by atoms with Crippen LogP contribution in [-0.4, -0.2) is 43.3 Å². The fourth-order valence-electron chi connectivity index (χ4n) is 2.52. The van der Waals surface area contributed by atoms with Crippen LogP contribution >= 0.6 is 0 Å². The number of aliphatic carboxylic acids is 1. The van der Waals surface area contributed by atoms with Crippen molar-refractivity contribution in [1.82, 2.24) is 0 Å². The van der Waals surface area contributed by atoms with Gasteiger partial charge in [0.25, 0.3) is 0 Å². The molecule has 0 spiro atoms. The molecule has 2 aromatic carbocycles. The molecule has 0 bridgehead atoms. The van der Waals surface area contributed by atoms with Crippen LogP contribution in [0.25, 0.3) is 0 Å². The molecule has 0 amide bonds. The molecular formula is C21H24O6. The summed E-state index contributed by atoms with van der Waals surface area (Å²) in [7, 11) is 1.38. The Morgan fingerprint density at radius 3 is 2.30 bits per heavy atom. The zero-order chi connectivity index (χ0) is 19.6. The van der Waals surface area contributed by atoms with E-state index in [0.717, 1.165) is 5.56 Å². The number of hydrogen-bond donors (Lipinski definition) is 1. The molecule has 0 aromatic heterocycles. The van der Waals surface area contributed by atoms with E-state index in [2.05, 4.69) is 0 Å². The second kappa shape index (κ2) is 10.3. The third-order valence-electron chi connectivity index (χ3n) is 3.99. The number of ether oxygens (including phenoxy) is 3. The highest BCUT2D eigenvalue weighted by Crippen LogP contribution is 2.19. The zero-order valence-corrected chi connectivity index (χ0v) is 15.5. The minimum absolute atomic E-state index is 0.0273. The first-order valence-electron chi connectivity index (χ1n) is 8.71. The van der Waals surface area contributed by atoms with Crippen molar-refractivity contribution in [2.24, 2.45) is 0 Å². The average Bonchev–Trinajstić information content (AvgIpc) is 2.66. The number of rotatable bonds is 11. The van der Waals surface area contributed by atoms with E-state index < -0.39 is 12.1 Å². The molecule has 6 heteroatoms. The molecule has 27 heavy (non-hydrogen) atoms. The monoisotopic (exact) mass is 372 g/mol. The minimum atomic E-state index is -0.982. The molecule has 6 nitrogen and oxygen atoms in total. The summed E-state index contributed by atoms with van der Waals surface area (Å²) in [6.45, 7) is 2.42. The summed E-state index contributed by atoms with van der Waals surface area (Å²) in [5.74, 6) is 0.275. The molecule has 0 saturated heterocycles. The van der Waals surface area contributed by atoms with E-state index in [0.29, 0.717) is 43.1 Å². The normalized spacial score (nSPS) is 11.6. The predicted octanol–water partition coefficient (Wildman–Crippen LogP) is 3.38. The molecule has 144 valence electrons. The fraction of sp³-hybridized carbons (Fsp3) is 0.333. The standard InChI is InChI=1S/C21H24O6/c1-15(22)18-6-3-4-7-19(18)27-13-5-12-26-17-10-8-16(9-11-17)14-20(25-2)21(23)24/h3-4,6-11,20H,5,12-14H2,1-2H3,(H,23,24)/t20-/m0/s1. The molecule has 0 saturated carbocycles. The Morgan fingerprint density at radius 1 is 1.00 bits per heavy atom. The van der Waals surface area contributed by atoms with Crippen LogP contribution in [0.5, 0.6) is 11.5 Å². The molecular weight excluding hydrogens is 348 g/mol. The Bertz CT molecular complexity index is 754. The van der Waals surface area contributed by atoms with Crippen molar-refractivity contribution in [1.29, 1.82) is 0 Å². The Hall–Kier alpha value is -2.86. The smallest absolute Gasteiger partial charge is 0.333 e. The second-order valence-electron chi connectivity index (χ2n) is 6.01. The van der Waals surface area contributed by atoms with E-state index in [1.54, 1.807) is 24.3 Å². The highest BCUT2D eigenvalue weighted by molar-refractivity contribution is 5.96. The number of carbonyl (C=O) groups excluding carboxylic acids is 1. The van der Waals surface area contributed by atoms with E-state index in [1.807, 2.05) is 24.3 Å². The summed E-state index contributed by atoms with van der Waals surface area (Å²) in [5, 5.41) is 9.01. The van der Waals surface area contributed by atoms with Crippen molar-refractivity contribution < 1.29 is 28.9 Å². The minimum Gasteiger partial charge on any atom is -0.493 e. The van der Waals surface area contributed by atoms with Gasteiger partial charge in [-0.1, -0.05) is 24.3 Å². The lowest BCUT2D eigenvalue weighted by Gasteiger charge is -2.12. The topological polar surface area (TPSA) is 82.1 Å². The molecule has 2 aromatic rings. The summed E-state index contributed by atoms with van der Waals surface area (Å²) >= 11 is 0. The summed E-state index contributed by atoms with van der Waals surface area (Å²) in [5.41, 5.74) is 1.44. The van der Waals surface area contributed by atoms with Crippen LogP contribution in [0.15, 0.2) is 48.5 Å². The second-order valence-corrected chi connectivity index (χ2v) is 6.01. The maximum absolute atomic E-state index is 11.5. The fourth-order valence-corrected chi connectivity index (χ4v) is 2.52. The Labute approximate surface area is 158 Å². The summed E-state index contributed by atoms with van der Waals surface area (Å²) in [4.78, 5) is 22.5. The third-order valence-corrected chi connectivity index (χ3v) is 3.99. The molecule has 0 fully saturated rings. The third kappa shape index (κ3) is 6.42. The van der Waals surface area contributed by atoms with Gasteiger partial charge >= 0.3 is 5.97 Å². The summed E-state index contributed by atoms with van der Waals surface area (Å²) < 4.78 is 16.3. The lowest BCUT2D eigenvalue weighted by molar-refractivity contribution is -0.148. The first-order valence-corrected chi connectivity index (χ1v) is 8.71. The lowest BCUT2D eigenvalue weighted by atomic mass is 10.1. The first-order chi connectivity index (χ1) is 13.0. The summed E-state index contributed by atoms with van der Waals surface area (Å²) in [6, 6.07) is 14.4. The van der Waals surface area contributed by atoms with Crippen molar-refractivity contribution in [2.75, 3.05) is 20.3 Å². The molecule has 1 atom stereocenters. The van der Waals surface area contributed by atoms with Crippen molar-refractivity contribution in [3.8, 4) is 11.5 Å². The van der Waals surface area contributed by atoms with Gasteiger partial charge in [-0.25, -0.2) is 4.79 Å². The molecule has 0 aliphatic heterocycles. The van der Waals surface area contributed by atoms with Crippen LogP contribution in [-0.2, 0) is 16.0 Å². The van der Waals surface area contributed by atoms with Crippen LogP contribution in [0.3, 0.4) is 0 Å². The van der Waals surface area contributed by atoms with E-state index in [1.165, 1.54) is 14.0 Å². The molecule has 1 N–H and O–H groups in total. The van der Waals surface area contributed by atoms with Gasteiger partial charge < -0.3 is 19.3 Å². The average molecular weight is 372 g/mol. The maximum atomic E-state index is 11.5. The van der Waals surface area contributed by atoms with Crippen LogP contribution in [0.1, 0.15) is 29.3 Å². The number of carboxylic acids is 1. The molecule has 0 radical (unpaired) electrons. The van der Waals surface area contributed by atoms with Gasteiger partial charge in [0.15, 0.2) is 11.9 Å². The number of carboxylic acid groups (broad SMARTS) is 1. The number of methoxy groups -OCH3 is 1. The van der Waals surface area contributed by atoms with Gasteiger partial charge in [0.1, 0.15) is 11.5 Å². The van der Waals surface area contributed by atoms with Crippen LogP contribution < -0.4 is 9.47 Å². The molecule has 0 heterocycles. The van der Waals surface area contributed by atoms with Crippen molar-refractivity contribution in [2.45, 2.75) is 25.9 Å². The highest BCUT2D eigenvalue weighted by Gasteiger charge is 2.16. The van der Waals surface area contributed by atoms with Crippen molar-refractivity contribution >= 4 is 11.8 Å². The maximum Gasteiger partial charge on any atom is 0.333 e. The van der Waals surface area contributed by atoms with E-state index in [-0.39, 0.29) is 5.78 Å². The largest absolute Gasteiger partial charge is 0.493 e. The summed E-state index contributed by atoms with van der Waals surface area (Å²) in [6.07, 6.45) is 0.112. The number of para-hydroxylation sites is 1. The highest BCUT2D eigenvalue weighted by atomic mass is 16.5. The Balaban J connectivity index is 1.75. The van der Waals surface area contributed by atoms with Gasteiger partial charge in [-0.2, -0.15) is 0 Å². The van der Waals surface area contributed by atoms with Gasteiger partial charge in [-0.3, -0.25) is 4.79 Å². The van der Waals surface area contributed by atoms with E-state index in [9.17, 15) is 9.59 Å². The van der Waals surface area contributed by atoms with Crippen LogP contribution in [0, 0.1) is 0 Å². The van der Waals surface area contributed by atoms with Gasteiger partial charge in [0.05, 0.1) is 18.8 Å². The molecule has 0 unspecified atom stereocenters. The zero-order valence-electron chi connectivity index (χ0n) is 15.5. The van der Waals surface area contributed by atoms with Gasteiger partial charge in [-0.05, 0) is 36.8 Å². The first kappa shape index (κ1) is 20.5. The number of benzene rings is 2. The Kier molecular flexibility index (Phi) is 7.82. The van der Waals surface area contributed by atoms with Crippen LogP contribution in [0.4, 0.5) is 0 Å².